The summed E-state index contributed by atoms with van der Waals surface area (Å²) in [5.41, 5.74) is -0.0834. The molecule has 1 saturated heterocycles. The first-order chi connectivity index (χ1) is 8.67. The van der Waals surface area contributed by atoms with Crippen molar-refractivity contribution in [1.29, 1.82) is 0 Å². The number of thiazole rings is 1. The average molecular weight is 302 g/mol. The Hall–Kier alpha value is -0.950. The molecule has 1 aliphatic rings. The van der Waals surface area contributed by atoms with Gasteiger partial charge < -0.3 is 5.32 Å². The van der Waals surface area contributed by atoms with Crippen molar-refractivity contribution in [3.63, 3.8) is 0 Å². The normalized spacial score (nSPS) is 22.4. The molecule has 1 amide bonds. The lowest BCUT2D eigenvalue weighted by Gasteiger charge is -2.13. The van der Waals surface area contributed by atoms with E-state index in [1.165, 1.54) is 11.3 Å². The molecule has 2 rings (SSSR count). The largest absolute Gasteiger partial charge is 0.348 e. The van der Waals surface area contributed by atoms with E-state index < -0.39 is 9.84 Å². The Morgan fingerprint density at radius 2 is 2.16 bits per heavy atom. The Kier molecular flexibility index (Phi) is 3.70. The lowest BCUT2D eigenvalue weighted by molar-refractivity contribution is 0.0945. The molecular weight excluding hydrogens is 284 g/mol. The van der Waals surface area contributed by atoms with Crippen LogP contribution in [-0.2, 0) is 15.3 Å². The summed E-state index contributed by atoms with van der Waals surface area (Å²) >= 11 is 1.36. The third-order valence-electron chi connectivity index (χ3n) is 2.94. The Labute approximate surface area is 117 Å². The predicted molar refractivity (Wildman–Crippen MR) is 75.3 cm³/mol. The van der Waals surface area contributed by atoms with E-state index in [-0.39, 0.29) is 28.9 Å². The Balaban J connectivity index is 2.03. The zero-order valence-corrected chi connectivity index (χ0v) is 12.9. The van der Waals surface area contributed by atoms with Gasteiger partial charge in [0.1, 0.15) is 4.88 Å². The molecule has 1 unspecified atom stereocenters. The molecule has 106 valence electrons. The summed E-state index contributed by atoms with van der Waals surface area (Å²) < 4.78 is 22.7. The van der Waals surface area contributed by atoms with Crippen molar-refractivity contribution in [3.05, 3.63) is 16.1 Å². The second-order valence-electron chi connectivity index (χ2n) is 5.85. The number of carbonyl (C=O) groups is 1. The quantitative estimate of drug-likeness (QED) is 0.895. The maximum atomic E-state index is 12.0. The molecular formula is C12H18N2O3S2. The minimum Gasteiger partial charge on any atom is -0.348 e. The summed E-state index contributed by atoms with van der Waals surface area (Å²) in [5.74, 6) is -0.0209. The molecule has 1 aromatic heterocycles. The molecule has 1 aliphatic heterocycles. The van der Waals surface area contributed by atoms with E-state index in [2.05, 4.69) is 10.3 Å². The molecule has 1 atom stereocenters. The van der Waals surface area contributed by atoms with Crippen LogP contribution < -0.4 is 5.32 Å². The first-order valence-corrected chi connectivity index (χ1v) is 8.79. The fraction of sp³-hybridized carbons (Fsp3) is 0.667. The summed E-state index contributed by atoms with van der Waals surface area (Å²) in [5, 5.41) is 3.67. The van der Waals surface area contributed by atoms with Gasteiger partial charge in [0, 0.05) is 11.5 Å². The second-order valence-corrected chi connectivity index (χ2v) is 9.11. The number of hydrogen-bond donors (Lipinski definition) is 1. The molecule has 5 nitrogen and oxygen atoms in total. The van der Waals surface area contributed by atoms with Crippen molar-refractivity contribution in [3.8, 4) is 0 Å². The first-order valence-electron chi connectivity index (χ1n) is 6.15. The van der Waals surface area contributed by atoms with Gasteiger partial charge in [-0.25, -0.2) is 13.4 Å². The number of nitrogens with zero attached hydrogens (tertiary/aromatic N) is 1. The highest BCUT2D eigenvalue weighted by atomic mass is 32.2. The highest BCUT2D eigenvalue weighted by Crippen LogP contribution is 2.26. The van der Waals surface area contributed by atoms with Crippen LogP contribution in [0.1, 0.15) is 41.9 Å². The number of amides is 1. The highest BCUT2D eigenvalue weighted by molar-refractivity contribution is 7.91. The highest BCUT2D eigenvalue weighted by Gasteiger charge is 2.30. The van der Waals surface area contributed by atoms with Crippen LogP contribution in [0, 0.1) is 0 Å². The SMILES string of the molecule is CC(C)(C)c1ncc(C(=O)NC2CCS(=O)(=O)C2)s1. The van der Waals surface area contributed by atoms with Gasteiger partial charge >= 0.3 is 0 Å². The van der Waals surface area contributed by atoms with Crippen molar-refractivity contribution in [2.24, 2.45) is 0 Å². The molecule has 1 aromatic rings. The van der Waals surface area contributed by atoms with Gasteiger partial charge in [-0.05, 0) is 6.42 Å². The minimum absolute atomic E-state index is 0.0453. The standard InChI is InChI=1S/C12H18N2O3S2/c1-12(2,3)11-13-6-9(18-11)10(15)14-8-4-5-19(16,17)7-8/h6,8H,4-5,7H2,1-3H3,(H,14,15). The molecule has 2 heterocycles. The summed E-state index contributed by atoms with van der Waals surface area (Å²) in [6, 6.07) is -0.266. The Bertz CT molecular complexity index is 584. The van der Waals surface area contributed by atoms with Gasteiger partial charge in [0.05, 0.1) is 22.7 Å². The van der Waals surface area contributed by atoms with E-state index in [0.717, 1.165) is 5.01 Å². The van der Waals surface area contributed by atoms with Gasteiger partial charge in [-0.15, -0.1) is 11.3 Å². The van der Waals surface area contributed by atoms with E-state index in [1.54, 1.807) is 6.20 Å². The van der Waals surface area contributed by atoms with Crippen molar-refractivity contribution in [2.75, 3.05) is 11.5 Å². The second kappa shape index (κ2) is 4.86. The van der Waals surface area contributed by atoms with E-state index in [9.17, 15) is 13.2 Å². The lowest BCUT2D eigenvalue weighted by Crippen LogP contribution is -2.35. The maximum absolute atomic E-state index is 12.0. The molecule has 1 fully saturated rings. The van der Waals surface area contributed by atoms with Gasteiger partial charge in [0.15, 0.2) is 9.84 Å². The van der Waals surface area contributed by atoms with Crippen LogP contribution in [0.15, 0.2) is 6.20 Å². The maximum Gasteiger partial charge on any atom is 0.263 e. The Morgan fingerprint density at radius 1 is 1.47 bits per heavy atom. The average Bonchev–Trinajstić information content (AvgIpc) is 2.84. The number of nitrogens with one attached hydrogen (secondary N) is 1. The molecule has 0 aromatic carbocycles. The predicted octanol–water partition coefficient (Wildman–Crippen LogP) is 1.36. The third kappa shape index (κ3) is 3.54. The van der Waals surface area contributed by atoms with Crippen molar-refractivity contribution < 1.29 is 13.2 Å². The van der Waals surface area contributed by atoms with E-state index >= 15 is 0 Å². The number of hydrogen-bond acceptors (Lipinski definition) is 5. The fourth-order valence-corrected chi connectivity index (χ4v) is 4.44. The molecule has 0 aliphatic carbocycles. The molecule has 7 heteroatoms. The van der Waals surface area contributed by atoms with Gasteiger partial charge in [0.25, 0.3) is 5.91 Å². The van der Waals surface area contributed by atoms with Crippen LogP contribution >= 0.6 is 11.3 Å². The summed E-state index contributed by atoms with van der Waals surface area (Å²) in [6.45, 7) is 6.12. The van der Waals surface area contributed by atoms with Crippen LogP contribution in [0.2, 0.25) is 0 Å². The molecule has 0 radical (unpaired) electrons. The number of carbonyl (C=O) groups excluding carboxylic acids is 1. The van der Waals surface area contributed by atoms with Crippen molar-refractivity contribution in [1.82, 2.24) is 10.3 Å². The summed E-state index contributed by atoms with van der Waals surface area (Å²) in [7, 11) is -2.97. The third-order valence-corrected chi connectivity index (χ3v) is 6.13. The molecule has 0 saturated carbocycles. The first kappa shape index (κ1) is 14.5. The van der Waals surface area contributed by atoms with Crippen molar-refractivity contribution in [2.45, 2.75) is 38.6 Å². The van der Waals surface area contributed by atoms with E-state index in [0.29, 0.717) is 11.3 Å². The lowest BCUT2D eigenvalue weighted by atomic mass is 9.98. The van der Waals surface area contributed by atoms with Crippen LogP contribution in [0.4, 0.5) is 0 Å². The number of rotatable bonds is 2. The molecule has 1 N–H and O–H groups in total. The smallest absolute Gasteiger partial charge is 0.263 e. The van der Waals surface area contributed by atoms with Crippen LogP contribution in [0.25, 0.3) is 0 Å². The van der Waals surface area contributed by atoms with Crippen molar-refractivity contribution >= 4 is 27.1 Å². The topological polar surface area (TPSA) is 76.1 Å². The van der Waals surface area contributed by atoms with Crippen LogP contribution in [0.5, 0.6) is 0 Å². The number of sulfone groups is 1. The zero-order chi connectivity index (χ0) is 14.3. The fourth-order valence-electron chi connectivity index (χ4n) is 1.89. The molecule has 0 spiro atoms. The zero-order valence-electron chi connectivity index (χ0n) is 11.3. The van der Waals surface area contributed by atoms with Gasteiger partial charge in [-0.3, -0.25) is 4.79 Å². The van der Waals surface area contributed by atoms with Crippen LogP contribution in [0.3, 0.4) is 0 Å². The monoisotopic (exact) mass is 302 g/mol. The summed E-state index contributed by atoms with van der Waals surface area (Å²) in [6.07, 6.45) is 2.06. The Morgan fingerprint density at radius 3 is 2.63 bits per heavy atom. The summed E-state index contributed by atoms with van der Waals surface area (Å²) in [4.78, 5) is 16.8. The number of aromatic nitrogens is 1. The van der Waals surface area contributed by atoms with Gasteiger partial charge in [0.2, 0.25) is 0 Å². The van der Waals surface area contributed by atoms with E-state index in [4.69, 9.17) is 0 Å². The molecule has 0 bridgehead atoms. The minimum atomic E-state index is -2.97. The molecule has 19 heavy (non-hydrogen) atoms. The van der Waals surface area contributed by atoms with Crippen LogP contribution in [-0.4, -0.2) is 36.9 Å². The van der Waals surface area contributed by atoms with Gasteiger partial charge in [-0.2, -0.15) is 0 Å². The van der Waals surface area contributed by atoms with Gasteiger partial charge in [-0.1, -0.05) is 20.8 Å². The van der Waals surface area contributed by atoms with E-state index in [1.807, 2.05) is 20.8 Å².